The van der Waals surface area contributed by atoms with Crippen LogP contribution in [0.2, 0.25) is 6.04 Å². The molecule has 0 spiro atoms. The largest absolute Gasteiger partial charge is 0.397 e. The second-order valence-electron chi connectivity index (χ2n) is 4.02. The minimum Gasteiger partial charge on any atom is -0.397 e. The summed E-state index contributed by atoms with van der Waals surface area (Å²) in [7, 11) is -1.30. The van der Waals surface area contributed by atoms with Gasteiger partial charge in [-0.25, -0.2) is 0 Å². The van der Waals surface area contributed by atoms with Gasteiger partial charge in [-0.1, -0.05) is 33.1 Å². The highest BCUT2D eigenvalue weighted by molar-refractivity contribution is 6.44. The zero-order valence-corrected chi connectivity index (χ0v) is 11.4. The molecular weight excluding hydrogens is 192 g/mol. The molecule has 0 fully saturated rings. The lowest BCUT2D eigenvalue weighted by Gasteiger charge is -2.14. The average molecular weight is 218 g/mol. The van der Waals surface area contributed by atoms with Crippen molar-refractivity contribution in [3.63, 3.8) is 0 Å². The lowest BCUT2D eigenvalue weighted by molar-refractivity contribution is 0.212. The van der Waals surface area contributed by atoms with Crippen molar-refractivity contribution in [2.45, 2.75) is 53.0 Å². The van der Waals surface area contributed by atoms with E-state index in [4.69, 9.17) is 8.85 Å². The monoisotopic (exact) mass is 218 g/mol. The maximum atomic E-state index is 5.61. The molecule has 0 rings (SSSR count). The standard InChI is InChI=1S/C11H26O2Si/c1-5-12-14(13-6-2)10-8-7-9-11(3)4/h11,14H,5-10H2,1-4H3. The zero-order chi connectivity index (χ0) is 10.8. The van der Waals surface area contributed by atoms with Crippen LogP contribution in [0, 0.1) is 5.92 Å². The van der Waals surface area contributed by atoms with Crippen molar-refractivity contribution in [1.82, 2.24) is 0 Å². The van der Waals surface area contributed by atoms with E-state index >= 15 is 0 Å². The van der Waals surface area contributed by atoms with Gasteiger partial charge in [0.15, 0.2) is 0 Å². The highest BCUT2D eigenvalue weighted by atomic mass is 28.3. The topological polar surface area (TPSA) is 18.5 Å². The average Bonchev–Trinajstić information content (AvgIpc) is 2.12. The molecule has 0 unspecified atom stereocenters. The van der Waals surface area contributed by atoms with Crippen molar-refractivity contribution in [3.05, 3.63) is 0 Å². The lowest BCUT2D eigenvalue weighted by Crippen LogP contribution is -2.22. The van der Waals surface area contributed by atoms with E-state index < -0.39 is 9.28 Å². The molecule has 0 radical (unpaired) electrons. The van der Waals surface area contributed by atoms with Gasteiger partial charge in [0.2, 0.25) is 0 Å². The van der Waals surface area contributed by atoms with E-state index in [1.165, 1.54) is 25.3 Å². The highest BCUT2D eigenvalue weighted by Crippen LogP contribution is 2.11. The first-order valence-corrected chi connectivity index (χ1v) is 7.69. The summed E-state index contributed by atoms with van der Waals surface area (Å²) in [6, 6.07) is 1.18. The summed E-state index contributed by atoms with van der Waals surface area (Å²) in [5.41, 5.74) is 0. The van der Waals surface area contributed by atoms with Crippen molar-refractivity contribution >= 4 is 9.28 Å². The molecule has 0 aromatic heterocycles. The Morgan fingerprint density at radius 2 is 1.57 bits per heavy atom. The normalized spacial score (nSPS) is 11.6. The third kappa shape index (κ3) is 8.72. The minimum atomic E-state index is -1.30. The minimum absolute atomic E-state index is 0.807. The number of rotatable bonds is 9. The van der Waals surface area contributed by atoms with Crippen molar-refractivity contribution in [1.29, 1.82) is 0 Å². The molecule has 86 valence electrons. The van der Waals surface area contributed by atoms with E-state index in [0.29, 0.717) is 0 Å². The van der Waals surface area contributed by atoms with Crippen molar-refractivity contribution in [3.8, 4) is 0 Å². The van der Waals surface area contributed by atoms with Gasteiger partial charge in [0, 0.05) is 13.2 Å². The van der Waals surface area contributed by atoms with Gasteiger partial charge in [0.1, 0.15) is 0 Å². The zero-order valence-electron chi connectivity index (χ0n) is 10.2. The number of hydrogen-bond donors (Lipinski definition) is 0. The lowest BCUT2D eigenvalue weighted by atomic mass is 10.1. The molecule has 0 atom stereocenters. The van der Waals surface area contributed by atoms with Gasteiger partial charge in [-0.15, -0.1) is 0 Å². The fourth-order valence-electron chi connectivity index (χ4n) is 1.45. The molecular formula is C11H26O2Si. The van der Waals surface area contributed by atoms with Gasteiger partial charge in [0.05, 0.1) is 0 Å². The quantitative estimate of drug-likeness (QED) is 0.437. The molecule has 0 saturated heterocycles. The molecule has 0 aliphatic carbocycles. The third-order valence-electron chi connectivity index (χ3n) is 2.18. The molecule has 2 nitrogen and oxygen atoms in total. The summed E-state index contributed by atoms with van der Waals surface area (Å²) >= 11 is 0. The molecule has 0 aromatic rings. The summed E-state index contributed by atoms with van der Waals surface area (Å²) < 4.78 is 11.2. The molecule has 0 aliphatic rings. The van der Waals surface area contributed by atoms with Gasteiger partial charge < -0.3 is 8.85 Å². The first kappa shape index (κ1) is 14.1. The Bertz CT molecular complexity index is 112. The Kier molecular flexibility index (Phi) is 9.78. The summed E-state index contributed by atoms with van der Waals surface area (Å²) in [6.07, 6.45) is 3.93. The predicted octanol–water partition coefficient (Wildman–Crippen LogP) is 3.11. The Labute approximate surface area is 90.8 Å². The summed E-state index contributed by atoms with van der Waals surface area (Å²) in [4.78, 5) is 0. The van der Waals surface area contributed by atoms with Crippen molar-refractivity contribution < 1.29 is 8.85 Å². The Hall–Kier alpha value is 0.137. The van der Waals surface area contributed by atoms with Crippen LogP contribution in [0.15, 0.2) is 0 Å². The van der Waals surface area contributed by atoms with Gasteiger partial charge in [0.25, 0.3) is 0 Å². The van der Waals surface area contributed by atoms with Crippen LogP contribution in [0.4, 0.5) is 0 Å². The van der Waals surface area contributed by atoms with Crippen LogP contribution in [-0.4, -0.2) is 22.5 Å². The molecule has 0 saturated carbocycles. The van der Waals surface area contributed by atoms with Crippen LogP contribution >= 0.6 is 0 Å². The first-order valence-electron chi connectivity index (χ1n) is 5.93. The van der Waals surface area contributed by atoms with Crippen molar-refractivity contribution in [2.24, 2.45) is 5.92 Å². The molecule has 14 heavy (non-hydrogen) atoms. The molecule has 3 heteroatoms. The fourth-order valence-corrected chi connectivity index (χ4v) is 3.25. The first-order chi connectivity index (χ1) is 6.70. The summed E-state index contributed by atoms with van der Waals surface area (Å²) in [5.74, 6) is 0.828. The molecule has 0 bridgehead atoms. The van der Waals surface area contributed by atoms with Gasteiger partial charge >= 0.3 is 9.28 Å². The van der Waals surface area contributed by atoms with Crippen LogP contribution < -0.4 is 0 Å². The fraction of sp³-hybridized carbons (Fsp3) is 1.00. The molecule has 0 heterocycles. The molecule has 0 N–H and O–H groups in total. The van der Waals surface area contributed by atoms with Gasteiger partial charge in [-0.2, -0.15) is 0 Å². The summed E-state index contributed by atoms with van der Waals surface area (Å²) in [6.45, 7) is 10.3. The van der Waals surface area contributed by atoms with Crippen LogP contribution in [0.1, 0.15) is 47.0 Å². The maximum absolute atomic E-state index is 5.61. The van der Waals surface area contributed by atoms with Crippen LogP contribution in [0.3, 0.4) is 0 Å². The predicted molar refractivity (Wildman–Crippen MR) is 63.9 cm³/mol. The smallest absolute Gasteiger partial charge is 0.321 e. The second kappa shape index (κ2) is 9.68. The molecule has 0 aliphatic heterocycles. The van der Waals surface area contributed by atoms with Crippen LogP contribution in [0.25, 0.3) is 0 Å². The van der Waals surface area contributed by atoms with Crippen LogP contribution in [-0.2, 0) is 8.85 Å². The highest BCUT2D eigenvalue weighted by Gasteiger charge is 2.11. The third-order valence-corrected chi connectivity index (χ3v) is 4.47. The number of unbranched alkanes of at least 4 members (excludes halogenated alkanes) is 1. The van der Waals surface area contributed by atoms with Crippen molar-refractivity contribution in [2.75, 3.05) is 13.2 Å². The van der Waals surface area contributed by atoms with E-state index in [1.54, 1.807) is 0 Å². The Morgan fingerprint density at radius 1 is 1.00 bits per heavy atom. The van der Waals surface area contributed by atoms with E-state index in [-0.39, 0.29) is 0 Å². The van der Waals surface area contributed by atoms with E-state index in [1.807, 2.05) is 13.8 Å². The van der Waals surface area contributed by atoms with E-state index in [2.05, 4.69) is 13.8 Å². The number of hydrogen-bond acceptors (Lipinski definition) is 2. The molecule has 0 aromatic carbocycles. The molecule has 0 amide bonds. The second-order valence-corrected chi connectivity index (χ2v) is 6.12. The summed E-state index contributed by atoms with van der Waals surface area (Å²) in [5, 5.41) is 0. The van der Waals surface area contributed by atoms with Gasteiger partial charge in [-0.3, -0.25) is 0 Å². The SMILES string of the molecule is CCO[SiH](CCCCC(C)C)OCC. The van der Waals surface area contributed by atoms with Gasteiger partial charge in [-0.05, 0) is 25.8 Å². The maximum Gasteiger partial charge on any atom is 0.321 e. The van der Waals surface area contributed by atoms with E-state index in [9.17, 15) is 0 Å². The van der Waals surface area contributed by atoms with E-state index in [0.717, 1.165) is 19.1 Å². The van der Waals surface area contributed by atoms with Crippen LogP contribution in [0.5, 0.6) is 0 Å². The Balaban J connectivity index is 3.40. The Morgan fingerprint density at radius 3 is 2.00 bits per heavy atom.